The number of carboxylic acid groups (broad SMARTS) is 1. The molecule has 0 saturated carbocycles. The van der Waals surface area contributed by atoms with Crippen LogP contribution in [0.15, 0.2) is 24.3 Å². The van der Waals surface area contributed by atoms with E-state index in [1.165, 1.54) is 18.2 Å². The number of benzene rings is 1. The van der Waals surface area contributed by atoms with Gasteiger partial charge in [-0.3, -0.25) is 10.1 Å². The number of nitro benzene ring substituents is 1. The van der Waals surface area contributed by atoms with Crippen LogP contribution in [0.1, 0.15) is 30.6 Å². The van der Waals surface area contributed by atoms with Crippen LogP contribution < -0.4 is 0 Å². The summed E-state index contributed by atoms with van der Waals surface area (Å²) >= 11 is 0. The van der Waals surface area contributed by atoms with Crippen LogP contribution >= 0.6 is 0 Å². The second-order valence-corrected chi connectivity index (χ2v) is 3.99. The molecule has 0 spiro atoms. The molecular weight excluding hydrogens is 238 g/mol. The van der Waals surface area contributed by atoms with Crippen LogP contribution in [0.5, 0.6) is 0 Å². The molecule has 0 saturated heterocycles. The third kappa shape index (κ3) is 5.95. The van der Waals surface area contributed by atoms with Crippen molar-refractivity contribution in [1.29, 1.82) is 0 Å². The number of para-hydroxylation sites is 1. The van der Waals surface area contributed by atoms with Crippen molar-refractivity contribution in [2.45, 2.75) is 20.3 Å². The minimum absolute atomic E-state index is 0.289. The number of aliphatic hydroxyl groups excluding tert-OH is 1. The summed E-state index contributed by atoms with van der Waals surface area (Å²) in [6.45, 7) is 4.52. The first-order valence-electron chi connectivity index (χ1n) is 5.47. The number of nitrogens with zero attached hydrogens (tertiary/aromatic N) is 1. The van der Waals surface area contributed by atoms with Crippen LogP contribution in [0.3, 0.4) is 0 Å². The highest BCUT2D eigenvalue weighted by Gasteiger charge is 2.17. The molecule has 0 amide bonds. The molecular formula is C12H17NO5. The van der Waals surface area contributed by atoms with E-state index in [2.05, 4.69) is 13.8 Å². The van der Waals surface area contributed by atoms with Crippen molar-refractivity contribution in [2.75, 3.05) is 6.61 Å². The van der Waals surface area contributed by atoms with Gasteiger partial charge in [0.1, 0.15) is 5.56 Å². The lowest BCUT2D eigenvalue weighted by molar-refractivity contribution is -0.385. The number of rotatable bonds is 4. The Morgan fingerprint density at radius 1 is 1.39 bits per heavy atom. The highest BCUT2D eigenvalue weighted by molar-refractivity contribution is 5.92. The van der Waals surface area contributed by atoms with Gasteiger partial charge in [-0.1, -0.05) is 26.0 Å². The van der Waals surface area contributed by atoms with Crippen molar-refractivity contribution in [3.05, 3.63) is 39.9 Å². The number of hydrogen-bond donors (Lipinski definition) is 2. The molecule has 0 aliphatic heterocycles. The number of hydrogen-bond acceptors (Lipinski definition) is 4. The van der Waals surface area contributed by atoms with Crippen molar-refractivity contribution in [3.8, 4) is 0 Å². The van der Waals surface area contributed by atoms with E-state index < -0.39 is 10.9 Å². The minimum atomic E-state index is -1.29. The molecule has 6 nitrogen and oxygen atoms in total. The van der Waals surface area contributed by atoms with Crippen LogP contribution in [-0.4, -0.2) is 27.7 Å². The van der Waals surface area contributed by atoms with Gasteiger partial charge >= 0.3 is 5.97 Å². The van der Waals surface area contributed by atoms with Gasteiger partial charge in [0, 0.05) is 12.7 Å². The fourth-order valence-corrected chi connectivity index (χ4v) is 1.07. The number of aromatic carboxylic acids is 1. The zero-order valence-electron chi connectivity index (χ0n) is 10.4. The topological polar surface area (TPSA) is 101 Å². The molecule has 0 fully saturated rings. The third-order valence-corrected chi connectivity index (χ3v) is 2.04. The van der Waals surface area contributed by atoms with Crippen molar-refractivity contribution in [2.24, 2.45) is 5.92 Å². The summed E-state index contributed by atoms with van der Waals surface area (Å²) in [5.74, 6) is -0.641. The van der Waals surface area contributed by atoms with E-state index in [4.69, 9.17) is 10.2 Å². The van der Waals surface area contributed by atoms with Crippen molar-refractivity contribution >= 4 is 11.7 Å². The van der Waals surface area contributed by atoms with Crippen LogP contribution in [0, 0.1) is 16.0 Å². The van der Waals surface area contributed by atoms with Gasteiger partial charge in [-0.15, -0.1) is 0 Å². The highest BCUT2D eigenvalue weighted by atomic mass is 16.6. The Morgan fingerprint density at radius 2 is 1.94 bits per heavy atom. The number of aliphatic hydroxyl groups is 1. The van der Waals surface area contributed by atoms with Crippen LogP contribution in [0.4, 0.5) is 5.69 Å². The van der Waals surface area contributed by atoms with E-state index in [1.54, 1.807) is 0 Å². The molecule has 0 aliphatic carbocycles. The SMILES string of the molecule is CC(C)CCO.O=C(O)c1ccccc1[N+](=O)[O-]. The van der Waals surface area contributed by atoms with E-state index in [0.717, 1.165) is 12.5 Å². The van der Waals surface area contributed by atoms with Gasteiger partial charge in [0.05, 0.1) is 4.92 Å². The van der Waals surface area contributed by atoms with Crippen LogP contribution in [-0.2, 0) is 0 Å². The van der Waals surface area contributed by atoms with E-state index >= 15 is 0 Å². The fourth-order valence-electron chi connectivity index (χ4n) is 1.07. The van der Waals surface area contributed by atoms with Gasteiger partial charge in [0.2, 0.25) is 0 Å². The van der Waals surface area contributed by atoms with Crippen molar-refractivity contribution < 1.29 is 19.9 Å². The largest absolute Gasteiger partial charge is 0.477 e. The van der Waals surface area contributed by atoms with E-state index in [1.807, 2.05) is 0 Å². The second-order valence-electron chi connectivity index (χ2n) is 3.99. The van der Waals surface area contributed by atoms with Gasteiger partial charge in [0.15, 0.2) is 0 Å². The van der Waals surface area contributed by atoms with Gasteiger partial charge < -0.3 is 10.2 Å². The van der Waals surface area contributed by atoms with Gasteiger partial charge in [-0.25, -0.2) is 4.79 Å². The molecule has 100 valence electrons. The minimum Gasteiger partial charge on any atom is -0.477 e. The third-order valence-electron chi connectivity index (χ3n) is 2.04. The number of carboxylic acids is 1. The molecule has 1 rings (SSSR count). The Bertz CT molecular complexity index is 370. The van der Waals surface area contributed by atoms with Crippen LogP contribution in [0.25, 0.3) is 0 Å². The Hall–Kier alpha value is -1.95. The molecule has 0 aliphatic rings. The summed E-state index contributed by atoms with van der Waals surface area (Å²) in [5, 5.41) is 27.0. The average molecular weight is 255 g/mol. The predicted octanol–water partition coefficient (Wildman–Crippen LogP) is 2.32. The molecule has 0 radical (unpaired) electrons. The summed E-state index contributed by atoms with van der Waals surface area (Å²) in [4.78, 5) is 20.0. The Labute approximate surface area is 105 Å². The lowest BCUT2D eigenvalue weighted by atomic mass is 10.2. The Kier molecular flexibility index (Phi) is 7.30. The first-order chi connectivity index (χ1) is 8.40. The van der Waals surface area contributed by atoms with Crippen LogP contribution in [0.2, 0.25) is 0 Å². The molecule has 18 heavy (non-hydrogen) atoms. The summed E-state index contributed by atoms with van der Waals surface area (Å²) in [6.07, 6.45) is 0.931. The number of carbonyl (C=O) groups is 1. The Morgan fingerprint density at radius 3 is 2.22 bits per heavy atom. The van der Waals surface area contributed by atoms with E-state index in [0.29, 0.717) is 12.5 Å². The zero-order valence-corrected chi connectivity index (χ0v) is 10.4. The van der Waals surface area contributed by atoms with Crippen molar-refractivity contribution in [3.63, 3.8) is 0 Å². The normalized spacial score (nSPS) is 9.56. The first kappa shape index (κ1) is 16.1. The lowest BCUT2D eigenvalue weighted by Gasteiger charge is -1.95. The molecule has 2 N–H and O–H groups in total. The number of nitro groups is 1. The molecule has 0 atom stereocenters. The highest BCUT2D eigenvalue weighted by Crippen LogP contribution is 2.16. The monoisotopic (exact) mass is 255 g/mol. The predicted molar refractivity (Wildman–Crippen MR) is 66.6 cm³/mol. The van der Waals surface area contributed by atoms with Gasteiger partial charge in [0.25, 0.3) is 5.69 Å². The summed E-state index contributed by atoms with van der Waals surface area (Å²) in [5.41, 5.74) is -0.674. The molecule has 0 heterocycles. The fraction of sp³-hybridized carbons (Fsp3) is 0.417. The van der Waals surface area contributed by atoms with E-state index in [9.17, 15) is 14.9 Å². The molecule has 1 aromatic rings. The standard InChI is InChI=1S/C7H5NO4.C5H12O/c9-7(10)5-3-1-2-4-6(5)8(11)12;1-5(2)3-4-6/h1-4H,(H,9,10);5-6H,3-4H2,1-2H3. The maximum absolute atomic E-state index is 10.4. The molecule has 1 aromatic carbocycles. The maximum atomic E-state index is 10.4. The average Bonchev–Trinajstić information content (AvgIpc) is 2.29. The van der Waals surface area contributed by atoms with Gasteiger partial charge in [-0.2, -0.15) is 0 Å². The molecule has 0 unspecified atom stereocenters. The summed E-state index contributed by atoms with van der Waals surface area (Å²) < 4.78 is 0. The summed E-state index contributed by atoms with van der Waals surface area (Å²) in [6, 6.07) is 5.21. The molecule has 6 heteroatoms. The first-order valence-corrected chi connectivity index (χ1v) is 5.47. The quantitative estimate of drug-likeness (QED) is 0.635. The van der Waals surface area contributed by atoms with Crippen molar-refractivity contribution in [1.82, 2.24) is 0 Å². The second kappa shape index (κ2) is 8.19. The lowest BCUT2D eigenvalue weighted by Crippen LogP contribution is -2.01. The zero-order chi connectivity index (χ0) is 14.1. The molecule has 0 bridgehead atoms. The van der Waals surface area contributed by atoms with E-state index in [-0.39, 0.29) is 11.3 Å². The molecule has 0 aromatic heterocycles. The summed E-state index contributed by atoms with van der Waals surface area (Å²) in [7, 11) is 0. The van der Waals surface area contributed by atoms with Gasteiger partial charge in [-0.05, 0) is 18.4 Å². The maximum Gasteiger partial charge on any atom is 0.342 e. The Balaban J connectivity index is 0.000000411. The smallest absolute Gasteiger partial charge is 0.342 e.